The highest BCUT2D eigenvalue weighted by Gasteiger charge is 2.40. The Kier molecular flexibility index (Phi) is 7.27. The van der Waals surface area contributed by atoms with Crippen LogP contribution in [0, 0.1) is 5.92 Å². The minimum Gasteiger partial charge on any atom is -0.481 e. The van der Waals surface area contributed by atoms with Gasteiger partial charge in [-0.15, -0.1) is 0 Å². The van der Waals surface area contributed by atoms with Gasteiger partial charge in [0.15, 0.2) is 0 Å². The summed E-state index contributed by atoms with van der Waals surface area (Å²) in [5.74, 6) is 0.758. The third kappa shape index (κ3) is 5.35. The van der Waals surface area contributed by atoms with Gasteiger partial charge in [-0.05, 0) is 36.8 Å². The predicted molar refractivity (Wildman–Crippen MR) is 129 cm³/mol. The molecule has 0 bridgehead atoms. The number of benzene rings is 1. The van der Waals surface area contributed by atoms with Gasteiger partial charge in [0.25, 0.3) is 5.91 Å². The van der Waals surface area contributed by atoms with Crippen molar-refractivity contribution in [2.75, 3.05) is 20.2 Å². The summed E-state index contributed by atoms with van der Waals surface area (Å²) in [5.41, 5.74) is 1.51. The molecule has 1 aliphatic rings. The van der Waals surface area contributed by atoms with Gasteiger partial charge in [-0.25, -0.2) is 9.97 Å². The van der Waals surface area contributed by atoms with Crippen molar-refractivity contribution >= 4 is 40.7 Å². The summed E-state index contributed by atoms with van der Waals surface area (Å²) in [4.78, 5) is 23.5. The van der Waals surface area contributed by atoms with Crippen LogP contribution in [0.25, 0.3) is 0 Å². The molecule has 1 fully saturated rings. The van der Waals surface area contributed by atoms with Crippen molar-refractivity contribution in [2.45, 2.75) is 18.9 Å². The van der Waals surface area contributed by atoms with Crippen molar-refractivity contribution in [3.8, 4) is 11.8 Å². The first kappa shape index (κ1) is 23.6. The molecule has 1 aliphatic heterocycles. The number of rotatable bonds is 6. The molecule has 6 nitrogen and oxygen atoms in total. The number of hydrogen-bond acceptors (Lipinski definition) is 5. The van der Waals surface area contributed by atoms with Gasteiger partial charge in [-0.3, -0.25) is 4.79 Å². The van der Waals surface area contributed by atoms with Crippen LogP contribution in [-0.2, 0) is 0 Å². The first-order valence-electron chi connectivity index (χ1n) is 10.4. The lowest BCUT2D eigenvalue weighted by atomic mass is 9.86. The molecule has 1 unspecified atom stereocenters. The Hall–Kier alpha value is -2.54. The maximum atomic E-state index is 13.3. The highest BCUT2D eigenvalue weighted by Crippen LogP contribution is 2.38. The molecule has 3 atom stereocenters. The zero-order chi connectivity index (χ0) is 23.5. The number of pyridine rings is 2. The van der Waals surface area contributed by atoms with Gasteiger partial charge < -0.3 is 14.4 Å². The maximum absolute atomic E-state index is 13.3. The number of amides is 1. The van der Waals surface area contributed by atoms with Crippen LogP contribution in [0.4, 0.5) is 0 Å². The van der Waals surface area contributed by atoms with Gasteiger partial charge in [0, 0.05) is 55.0 Å². The lowest BCUT2D eigenvalue weighted by molar-refractivity contribution is 0.0769. The monoisotopic (exact) mass is 505 g/mol. The molecule has 0 radical (unpaired) electrons. The fraction of sp³-hybridized carbons (Fsp3) is 0.292. The minimum atomic E-state index is -0.233. The number of likely N-dealkylation sites (tertiary alicyclic amines) is 1. The second kappa shape index (κ2) is 10.2. The van der Waals surface area contributed by atoms with Crippen molar-refractivity contribution in [3.05, 3.63) is 81.1 Å². The third-order valence-electron chi connectivity index (χ3n) is 5.82. The molecule has 0 spiro atoms. The minimum absolute atomic E-state index is 0.00486. The number of hydrogen-bond donors (Lipinski definition) is 0. The summed E-state index contributed by atoms with van der Waals surface area (Å²) in [5, 5.41) is 1.50. The Balaban J connectivity index is 1.61. The third-order valence-corrected chi connectivity index (χ3v) is 6.79. The normalized spacial score (nSPS) is 18.8. The van der Waals surface area contributed by atoms with Crippen molar-refractivity contribution in [1.29, 1.82) is 0 Å². The highest BCUT2D eigenvalue weighted by atomic mass is 35.5. The fourth-order valence-electron chi connectivity index (χ4n) is 4.11. The summed E-state index contributed by atoms with van der Waals surface area (Å²) in [6.45, 7) is 2.99. The van der Waals surface area contributed by atoms with Crippen LogP contribution in [0.2, 0.25) is 15.1 Å². The molecular weight excluding hydrogens is 485 g/mol. The number of methoxy groups -OCH3 is 1. The summed E-state index contributed by atoms with van der Waals surface area (Å²) in [7, 11) is 1.52. The average Bonchev–Trinajstić information content (AvgIpc) is 3.27. The van der Waals surface area contributed by atoms with Crippen molar-refractivity contribution < 1.29 is 14.3 Å². The Bertz CT molecular complexity index is 1140. The Morgan fingerprint density at radius 3 is 2.55 bits per heavy atom. The quantitative estimate of drug-likeness (QED) is 0.425. The molecule has 0 saturated carbocycles. The number of carbonyl (C=O) groups excluding carboxylic acids is 1. The van der Waals surface area contributed by atoms with E-state index in [2.05, 4.69) is 9.97 Å². The van der Waals surface area contributed by atoms with Crippen LogP contribution in [-0.4, -0.2) is 47.1 Å². The summed E-state index contributed by atoms with van der Waals surface area (Å²) < 4.78 is 11.3. The number of ether oxygens (including phenoxy) is 2. The topological polar surface area (TPSA) is 64.5 Å². The molecule has 2 aromatic heterocycles. The van der Waals surface area contributed by atoms with Crippen LogP contribution < -0.4 is 9.47 Å². The molecule has 0 aliphatic carbocycles. The van der Waals surface area contributed by atoms with Crippen LogP contribution >= 0.6 is 34.8 Å². The van der Waals surface area contributed by atoms with E-state index in [1.54, 1.807) is 42.7 Å². The maximum Gasteiger partial charge on any atom is 0.254 e. The molecule has 3 aromatic rings. The Labute approximate surface area is 207 Å². The lowest BCUT2D eigenvalue weighted by Crippen LogP contribution is -2.32. The first-order chi connectivity index (χ1) is 15.9. The first-order valence-corrected chi connectivity index (χ1v) is 11.5. The van der Waals surface area contributed by atoms with E-state index in [9.17, 15) is 4.79 Å². The zero-order valence-corrected chi connectivity index (χ0v) is 20.3. The molecule has 172 valence electrons. The van der Waals surface area contributed by atoms with E-state index >= 15 is 0 Å². The SMILES string of the molecule is COc1cc(C(=O)N2CC([C@@H](C)Oc3ccc(Cl)cn3)[C@H](c3ccc(Cl)c(Cl)c3)C2)ccn1. The van der Waals surface area contributed by atoms with Gasteiger partial charge in [-0.2, -0.15) is 0 Å². The molecular formula is C24H22Cl3N3O3. The standard InChI is InChI=1S/C24H22Cl3N3O3/c1-14(33-22-6-4-17(25)11-29-22)18-12-30(24(31)16-7-8-28-23(10-16)32-2)13-19(18)15-3-5-20(26)21(27)9-15/h3-11,14,18-19H,12-13H2,1-2H3/t14-,18?,19+/m1/s1. The molecule has 33 heavy (non-hydrogen) atoms. The zero-order valence-electron chi connectivity index (χ0n) is 18.0. The number of halogens is 3. The second-order valence-corrected chi connectivity index (χ2v) is 9.13. The van der Waals surface area contributed by atoms with Crippen molar-refractivity contribution in [2.24, 2.45) is 5.92 Å². The van der Waals surface area contributed by atoms with Gasteiger partial charge in [0.05, 0.1) is 22.2 Å². The lowest BCUT2D eigenvalue weighted by Gasteiger charge is -2.25. The molecule has 3 heterocycles. The molecule has 1 amide bonds. The smallest absolute Gasteiger partial charge is 0.254 e. The fourth-order valence-corrected chi connectivity index (χ4v) is 4.53. The van der Waals surface area contributed by atoms with Crippen molar-refractivity contribution in [3.63, 3.8) is 0 Å². The number of nitrogens with zero attached hydrogens (tertiary/aromatic N) is 3. The van der Waals surface area contributed by atoms with Gasteiger partial charge in [0.1, 0.15) is 6.10 Å². The van der Waals surface area contributed by atoms with Crippen LogP contribution in [0.5, 0.6) is 11.8 Å². The number of carbonyl (C=O) groups is 1. The molecule has 1 aromatic carbocycles. The van der Waals surface area contributed by atoms with E-state index < -0.39 is 0 Å². The van der Waals surface area contributed by atoms with Crippen LogP contribution in [0.15, 0.2) is 54.9 Å². The van der Waals surface area contributed by atoms with E-state index in [0.717, 1.165) is 5.56 Å². The predicted octanol–water partition coefficient (Wildman–Crippen LogP) is 5.77. The molecule has 9 heteroatoms. The molecule has 4 rings (SSSR count). The van der Waals surface area contributed by atoms with Gasteiger partial charge in [0.2, 0.25) is 11.8 Å². The van der Waals surface area contributed by atoms with Gasteiger partial charge in [-0.1, -0.05) is 40.9 Å². The summed E-state index contributed by atoms with van der Waals surface area (Å²) in [6.07, 6.45) is 2.87. The largest absolute Gasteiger partial charge is 0.481 e. The average molecular weight is 507 g/mol. The summed E-state index contributed by atoms with van der Waals surface area (Å²) in [6, 6.07) is 12.4. The van der Waals surface area contributed by atoms with E-state index in [-0.39, 0.29) is 23.8 Å². The van der Waals surface area contributed by atoms with E-state index in [1.807, 2.05) is 24.0 Å². The van der Waals surface area contributed by atoms with E-state index in [4.69, 9.17) is 44.3 Å². The molecule has 0 N–H and O–H groups in total. The molecule has 1 saturated heterocycles. The van der Waals surface area contributed by atoms with Gasteiger partial charge >= 0.3 is 0 Å². The summed E-state index contributed by atoms with van der Waals surface area (Å²) >= 11 is 18.4. The van der Waals surface area contributed by atoms with Crippen LogP contribution in [0.1, 0.15) is 28.8 Å². The Morgan fingerprint density at radius 2 is 1.85 bits per heavy atom. The van der Waals surface area contributed by atoms with E-state index in [1.165, 1.54) is 7.11 Å². The Morgan fingerprint density at radius 1 is 1.03 bits per heavy atom. The highest BCUT2D eigenvalue weighted by molar-refractivity contribution is 6.42. The number of aromatic nitrogens is 2. The van der Waals surface area contributed by atoms with Crippen LogP contribution in [0.3, 0.4) is 0 Å². The second-order valence-electron chi connectivity index (χ2n) is 7.88. The van der Waals surface area contributed by atoms with Crippen molar-refractivity contribution in [1.82, 2.24) is 14.9 Å². The van der Waals surface area contributed by atoms with E-state index in [0.29, 0.717) is 45.5 Å².